The average Bonchev–Trinajstić information content (AvgIpc) is 3.03. The van der Waals surface area contributed by atoms with Crippen molar-refractivity contribution in [1.29, 1.82) is 0 Å². The fourth-order valence-corrected chi connectivity index (χ4v) is 3.08. The molecule has 0 bridgehead atoms. The minimum absolute atomic E-state index is 0.454. The van der Waals surface area contributed by atoms with E-state index in [1.807, 2.05) is 42.1 Å². The summed E-state index contributed by atoms with van der Waals surface area (Å²) in [5, 5.41) is 1.21. The summed E-state index contributed by atoms with van der Waals surface area (Å²) in [6, 6.07) is 13.8. The molecule has 0 aliphatic heterocycles. The van der Waals surface area contributed by atoms with Crippen LogP contribution in [0.1, 0.15) is 17.0 Å². The van der Waals surface area contributed by atoms with Crippen LogP contribution in [0.4, 0.5) is 0 Å². The highest BCUT2D eigenvalue weighted by Gasteiger charge is 2.08. The van der Waals surface area contributed by atoms with Crippen molar-refractivity contribution in [1.82, 2.24) is 14.5 Å². The van der Waals surface area contributed by atoms with Crippen LogP contribution >= 0.6 is 23.2 Å². The van der Waals surface area contributed by atoms with Crippen molar-refractivity contribution in [3.05, 3.63) is 81.9 Å². The van der Waals surface area contributed by atoms with Crippen LogP contribution in [0.3, 0.4) is 0 Å². The third-order valence-corrected chi connectivity index (χ3v) is 4.99. The molecule has 0 fully saturated rings. The molecule has 0 amide bonds. The van der Waals surface area contributed by atoms with Gasteiger partial charge in [0.15, 0.2) is 0 Å². The second kappa shape index (κ2) is 8.58. The van der Waals surface area contributed by atoms with E-state index in [1.54, 1.807) is 12.3 Å². The van der Waals surface area contributed by atoms with Gasteiger partial charge in [-0.1, -0.05) is 47.5 Å². The Morgan fingerprint density at radius 1 is 1.08 bits per heavy atom. The van der Waals surface area contributed by atoms with Gasteiger partial charge in [0.2, 0.25) is 0 Å². The van der Waals surface area contributed by atoms with E-state index < -0.39 is 0 Å². The van der Waals surface area contributed by atoms with E-state index in [1.165, 1.54) is 5.56 Å². The molecular weight excluding hydrogens is 369 g/mol. The van der Waals surface area contributed by atoms with Crippen LogP contribution in [0.2, 0.25) is 10.0 Å². The van der Waals surface area contributed by atoms with Crippen molar-refractivity contribution >= 4 is 23.2 Å². The first-order chi connectivity index (χ1) is 12.5. The zero-order chi connectivity index (χ0) is 18.5. The maximum absolute atomic E-state index is 6.27. The molecule has 0 atom stereocenters. The standard InChI is InChI=1S/C20H21Cl2N3O/c1-24(13-16-4-3-5-18(21)20(16)22)12-15-6-8-17(9-7-15)26-14-19-23-10-11-25(19)2/h3-11H,12-14H2,1-2H3. The van der Waals surface area contributed by atoms with E-state index in [0.29, 0.717) is 16.7 Å². The zero-order valence-electron chi connectivity index (χ0n) is 14.8. The van der Waals surface area contributed by atoms with Gasteiger partial charge >= 0.3 is 0 Å². The summed E-state index contributed by atoms with van der Waals surface area (Å²) in [5.41, 5.74) is 2.23. The highest BCUT2D eigenvalue weighted by atomic mass is 35.5. The quantitative estimate of drug-likeness (QED) is 0.573. The maximum Gasteiger partial charge on any atom is 0.146 e. The van der Waals surface area contributed by atoms with Gasteiger partial charge < -0.3 is 9.30 Å². The summed E-state index contributed by atoms with van der Waals surface area (Å²) in [6.07, 6.45) is 3.67. The number of nitrogens with zero attached hydrogens (tertiary/aromatic N) is 3. The lowest BCUT2D eigenvalue weighted by molar-refractivity contribution is 0.291. The molecule has 0 aliphatic rings. The van der Waals surface area contributed by atoms with Crippen molar-refractivity contribution in [3.63, 3.8) is 0 Å². The normalized spacial score (nSPS) is 11.1. The maximum atomic E-state index is 6.27. The third kappa shape index (κ3) is 4.79. The highest BCUT2D eigenvalue weighted by Crippen LogP contribution is 2.26. The molecule has 0 unspecified atom stereocenters. The minimum Gasteiger partial charge on any atom is -0.486 e. The Bertz CT molecular complexity index is 862. The summed E-state index contributed by atoms with van der Waals surface area (Å²) < 4.78 is 7.74. The lowest BCUT2D eigenvalue weighted by Gasteiger charge is -2.18. The Hall–Kier alpha value is -2.01. The van der Waals surface area contributed by atoms with Crippen molar-refractivity contribution in [3.8, 4) is 5.75 Å². The van der Waals surface area contributed by atoms with Crippen LogP contribution in [0.25, 0.3) is 0 Å². The summed E-state index contributed by atoms with van der Waals surface area (Å²) in [6.45, 7) is 2.00. The first-order valence-corrected chi connectivity index (χ1v) is 9.08. The fourth-order valence-electron chi connectivity index (χ4n) is 2.70. The first-order valence-electron chi connectivity index (χ1n) is 8.32. The molecule has 0 saturated carbocycles. The molecule has 4 nitrogen and oxygen atoms in total. The Morgan fingerprint density at radius 3 is 2.54 bits per heavy atom. The number of aromatic nitrogens is 2. The molecule has 3 rings (SSSR count). The number of aryl methyl sites for hydroxylation is 1. The fraction of sp³-hybridized carbons (Fsp3) is 0.250. The topological polar surface area (TPSA) is 30.3 Å². The van der Waals surface area contributed by atoms with Crippen molar-refractivity contribution in [2.24, 2.45) is 7.05 Å². The summed E-state index contributed by atoms with van der Waals surface area (Å²) in [7, 11) is 4.01. The van der Waals surface area contributed by atoms with Crippen LogP contribution < -0.4 is 4.74 Å². The lowest BCUT2D eigenvalue weighted by Crippen LogP contribution is -2.17. The molecule has 2 aromatic carbocycles. The molecule has 136 valence electrons. The average molecular weight is 390 g/mol. The van der Waals surface area contributed by atoms with Gasteiger partial charge in [0.25, 0.3) is 0 Å². The molecule has 0 N–H and O–H groups in total. The Balaban J connectivity index is 1.55. The van der Waals surface area contributed by atoms with E-state index in [0.717, 1.165) is 30.2 Å². The van der Waals surface area contributed by atoms with Gasteiger partial charge in [0, 0.05) is 32.5 Å². The summed E-state index contributed by atoms with van der Waals surface area (Å²) >= 11 is 12.3. The predicted molar refractivity (Wildman–Crippen MR) is 106 cm³/mol. The number of halogens is 2. The lowest BCUT2D eigenvalue weighted by atomic mass is 10.1. The first kappa shape index (κ1) is 18.8. The number of benzene rings is 2. The molecule has 0 aliphatic carbocycles. The monoisotopic (exact) mass is 389 g/mol. The summed E-state index contributed by atoms with van der Waals surface area (Å²) in [4.78, 5) is 6.45. The van der Waals surface area contributed by atoms with Gasteiger partial charge in [-0.15, -0.1) is 0 Å². The van der Waals surface area contributed by atoms with Crippen LogP contribution in [0.5, 0.6) is 5.75 Å². The van der Waals surface area contributed by atoms with Crippen LogP contribution in [0, 0.1) is 0 Å². The molecule has 0 spiro atoms. The third-order valence-electron chi connectivity index (χ3n) is 4.14. The highest BCUT2D eigenvalue weighted by molar-refractivity contribution is 6.42. The second-order valence-electron chi connectivity index (χ2n) is 6.27. The van der Waals surface area contributed by atoms with Crippen LogP contribution in [0.15, 0.2) is 54.9 Å². The van der Waals surface area contributed by atoms with Gasteiger partial charge in [0.05, 0.1) is 10.0 Å². The predicted octanol–water partition coefficient (Wildman–Crippen LogP) is 4.94. The van der Waals surface area contributed by atoms with Gasteiger partial charge in [0.1, 0.15) is 18.2 Å². The molecular formula is C20H21Cl2N3O. The molecule has 3 aromatic rings. The van der Waals surface area contributed by atoms with Crippen LogP contribution in [-0.4, -0.2) is 21.5 Å². The molecule has 1 aromatic heterocycles. The van der Waals surface area contributed by atoms with Crippen LogP contribution in [-0.2, 0) is 26.7 Å². The van der Waals surface area contributed by atoms with Gasteiger partial charge in [-0.05, 0) is 36.4 Å². The van der Waals surface area contributed by atoms with E-state index in [4.69, 9.17) is 27.9 Å². The number of hydrogen-bond acceptors (Lipinski definition) is 3. The van der Waals surface area contributed by atoms with Gasteiger partial charge in [-0.2, -0.15) is 0 Å². The number of hydrogen-bond donors (Lipinski definition) is 0. The number of imidazole rings is 1. The van der Waals surface area contributed by atoms with E-state index in [-0.39, 0.29) is 0 Å². The van der Waals surface area contributed by atoms with Crippen molar-refractivity contribution in [2.45, 2.75) is 19.7 Å². The summed E-state index contributed by atoms with van der Waals surface area (Å²) in [5.74, 6) is 1.73. The smallest absolute Gasteiger partial charge is 0.146 e. The molecule has 0 saturated heterocycles. The molecule has 0 radical (unpaired) electrons. The molecule has 6 heteroatoms. The zero-order valence-corrected chi connectivity index (χ0v) is 16.3. The van der Waals surface area contributed by atoms with E-state index >= 15 is 0 Å². The SMILES string of the molecule is CN(Cc1ccc(OCc2nccn2C)cc1)Cc1cccc(Cl)c1Cl. The van der Waals surface area contributed by atoms with Gasteiger partial charge in [-0.3, -0.25) is 4.90 Å². The van der Waals surface area contributed by atoms with Gasteiger partial charge in [-0.25, -0.2) is 4.98 Å². The number of ether oxygens (including phenoxy) is 1. The van der Waals surface area contributed by atoms with E-state index in [2.05, 4.69) is 29.1 Å². The molecule has 26 heavy (non-hydrogen) atoms. The van der Waals surface area contributed by atoms with E-state index in [9.17, 15) is 0 Å². The Labute approximate surface area is 163 Å². The Morgan fingerprint density at radius 2 is 1.85 bits per heavy atom. The number of rotatable bonds is 7. The second-order valence-corrected chi connectivity index (χ2v) is 7.06. The minimum atomic E-state index is 0.454. The van der Waals surface area contributed by atoms with Crippen molar-refractivity contribution < 1.29 is 4.74 Å². The Kier molecular flexibility index (Phi) is 6.20. The largest absolute Gasteiger partial charge is 0.486 e. The van der Waals surface area contributed by atoms with Crippen molar-refractivity contribution in [2.75, 3.05) is 7.05 Å². The molecule has 1 heterocycles.